The monoisotopic (exact) mass is 611 g/mol. The van der Waals surface area contributed by atoms with Gasteiger partial charge in [0.15, 0.2) is 0 Å². The quantitative estimate of drug-likeness (QED) is 0.235. The number of benzene rings is 3. The number of aromatic nitrogens is 2. The Morgan fingerprint density at radius 2 is 1.81 bits per heavy atom. The molecule has 1 spiro atoms. The van der Waals surface area contributed by atoms with Crippen LogP contribution in [0.15, 0.2) is 66.7 Å². The maximum absolute atomic E-state index is 14.7. The molecule has 4 aromatic rings. The number of halogens is 4. The van der Waals surface area contributed by atoms with Crippen molar-refractivity contribution in [2.24, 2.45) is 5.41 Å². The molecule has 12 heteroatoms. The van der Waals surface area contributed by atoms with E-state index < -0.39 is 24.3 Å². The summed E-state index contributed by atoms with van der Waals surface area (Å²) in [6.07, 6.45) is -5.23. The molecule has 3 heterocycles. The van der Waals surface area contributed by atoms with Gasteiger partial charge in [0.2, 0.25) is 17.9 Å². The molecule has 8 nitrogen and oxygen atoms in total. The molecule has 224 valence electrons. The lowest BCUT2D eigenvalue weighted by atomic mass is 9.76. The first-order valence-electron chi connectivity index (χ1n) is 13.9. The van der Waals surface area contributed by atoms with Crippen molar-refractivity contribution in [3.8, 4) is 17.0 Å². The van der Waals surface area contributed by atoms with E-state index in [2.05, 4.69) is 15.3 Å². The fraction of sp³-hybridized carbons (Fsp3) is 0.323. The number of rotatable bonds is 6. The van der Waals surface area contributed by atoms with Crippen LogP contribution in [-0.2, 0) is 4.79 Å². The second-order valence-corrected chi connectivity index (χ2v) is 11.7. The highest BCUT2D eigenvalue weighted by Crippen LogP contribution is 2.44. The molecule has 2 atom stereocenters. The van der Waals surface area contributed by atoms with E-state index >= 15 is 0 Å². The molecular formula is C31H29ClF3N5O3. The van der Waals surface area contributed by atoms with E-state index in [1.807, 2.05) is 41.3 Å². The maximum atomic E-state index is 14.7. The van der Waals surface area contributed by atoms with Gasteiger partial charge in [-0.05, 0) is 64.8 Å². The predicted octanol–water partition coefficient (Wildman–Crippen LogP) is 6.25. The molecule has 1 aromatic heterocycles. The standard InChI is InChI=1S/C31H29ClF3N5O3/c32-21-7-8-22(23(14-21)20-6-5-18-3-1-2-4-19(18)13-20)27(31(33,34)35)43-26-15-25(38-29(36)39-26)40-11-9-30(10-12-40)16-24(28(41)42)37-17-30/h1-8,13-15,24,27,37H,9-12,16-17H2,(H,41,42)(H2,36,38,39)/t24-,27+/m0/s1. The van der Waals surface area contributed by atoms with E-state index in [-0.39, 0.29) is 33.4 Å². The normalized spacial score (nSPS) is 19.1. The molecule has 2 fully saturated rings. The number of nitrogens with zero attached hydrogens (tertiary/aromatic N) is 3. The van der Waals surface area contributed by atoms with Crippen molar-refractivity contribution in [1.29, 1.82) is 0 Å². The Bertz CT molecular complexity index is 1680. The van der Waals surface area contributed by atoms with Gasteiger partial charge in [0.25, 0.3) is 0 Å². The molecule has 2 aliphatic rings. The fourth-order valence-corrected chi connectivity index (χ4v) is 6.30. The number of carboxylic acids is 1. The zero-order chi connectivity index (χ0) is 30.4. The number of anilines is 2. The summed E-state index contributed by atoms with van der Waals surface area (Å²) in [4.78, 5) is 21.6. The molecule has 0 saturated carbocycles. The number of piperidine rings is 1. The molecule has 0 bridgehead atoms. The lowest BCUT2D eigenvalue weighted by Gasteiger charge is -2.39. The van der Waals surface area contributed by atoms with Gasteiger partial charge in [-0.2, -0.15) is 23.1 Å². The second kappa shape index (κ2) is 11.2. The van der Waals surface area contributed by atoms with Crippen LogP contribution < -0.4 is 20.7 Å². The summed E-state index contributed by atoms with van der Waals surface area (Å²) in [6.45, 7) is 1.68. The third-order valence-corrected chi connectivity index (χ3v) is 8.64. The minimum atomic E-state index is -4.80. The third-order valence-electron chi connectivity index (χ3n) is 8.41. The number of nitrogens with two attached hydrogens (primary N) is 1. The molecule has 2 aliphatic heterocycles. The second-order valence-electron chi connectivity index (χ2n) is 11.2. The summed E-state index contributed by atoms with van der Waals surface area (Å²) in [5.74, 6) is -1.04. The van der Waals surface area contributed by atoms with Crippen molar-refractivity contribution in [2.75, 3.05) is 30.3 Å². The Morgan fingerprint density at radius 1 is 1.07 bits per heavy atom. The summed E-state index contributed by atoms with van der Waals surface area (Å²) < 4.78 is 49.6. The van der Waals surface area contributed by atoms with Crippen LogP contribution in [0.1, 0.15) is 30.9 Å². The molecule has 0 amide bonds. The number of hydrogen-bond acceptors (Lipinski definition) is 7. The van der Waals surface area contributed by atoms with E-state index in [0.29, 0.717) is 50.3 Å². The van der Waals surface area contributed by atoms with Gasteiger partial charge in [-0.3, -0.25) is 4.79 Å². The van der Waals surface area contributed by atoms with E-state index in [9.17, 15) is 23.1 Å². The molecule has 0 unspecified atom stereocenters. The first kappa shape index (κ1) is 29.0. The smallest absolute Gasteiger partial charge is 0.429 e. The maximum Gasteiger partial charge on any atom is 0.429 e. The Hall–Kier alpha value is -4.09. The topological polar surface area (TPSA) is 114 Å². The third kappa shape index (κ3) is 6.05. The average Bonchev–Trinajstić information content (AvgIpc) is 3.39. The SMILES string of the molecule is Nc1nc(O[C@H](c2ccc(Cl)cc2-c2ccc3ccccc3c2)C(F)(F)F)cc(N2CCC3(CC2)CN[C@H](C(=O)O)C3)n1. The van der Waals surface area contributed by atoms with Crippen LogP contribution in [0.2, 0.25) is 5.02 Å². The van der Waals surface area contributed by atoms with Gasteiger partial charge >= 0.3 is 12.1 Å². The van der Waals surface area contributed by atoms with Crippen molar-refractivity contribution in [2.45, 2.75) is 37.6 Å². The number of carbonyl (C=O) groups is 1. The van der Waals surface area contributed by atoms with E-state index in [0.717, 1.165) is 10.8 Å². The van der Waals surface area contributed by atoms with Crippen LogP contribution in [0.5, 0.6) is 5.88 Å². The molecule has 0 aliphatic carbocycles. The molecule has 6 rings (SSSR count). The van der Waals surface area contributed by atoms with Gasteiger partial charge in [0.1, 0.15) is 11.9 Å². The Morgan fingerprint density at radius 3 is 2.51 bits per heavy atom. The Balaban J connectivity index is 1.29. The molecule has 2 saturated heterocycles. The van der Waals surface area contributed by atoms with Crippen LogP contribution in [0.3, 0.4) is 0 Å². The minimum absolute atomic E-state index is 0.118. The predicted molar refractivity (Wildman–Crippen MR) is 158 cm³/mol. The van der Waals surface area contributed by atoms with Gasteiger partial charge < -0.3 is 25.8 Å². The number of aliphatic carboxylic acids is 1. The molecular weight excluding hydrogens is 583 g/mol. The highest BCUT2D eigenvalue weighted by molar-refractivity contribution is 6.30. The van der Waals surface area contributed by atoms with Crippen molar-refractivity contribution in [3.05, 3.63) is 77.3 Å². The van der Waals surface area contributed by atoms with Gasteiger partial charge in [-0.1, -0.05) is 54.1 Å². The Kier molecular flexibility index (Phi) is 7.55. The lowest BCUT2D eigenvalue weighted by molar-refractivity contribution is -0.198. The van der Waals surface area contributed by atoms with E-state index in [1.54, 1.807) is 6.07 Å². The number of nitrogens with one attached hydrogen (secondary N) is 1. The first-order valence-corrected chi connectivity index (χ1v) is 14.3. The first-order chi connectivity index (χ1) is 20.5. The number of nitrogen functional groups attached to an aromatic ring is 1. The number of hydrogen-bond donors (Lipinski definition) is 3. The number of ether oxygens (including phenoxy) is 1. The van der Waals surface area contributed by atoms with Crippen LogP contribution in [0.25, 0.3) is 21.9 Å². The van der Waals surface area contributed by atoms with E-state index in [4.69, 9.17) is 22.1 Å². The van der Waals surface area contributed by atoms with Crippen LogP contribution in [0, 0.1) is 5.41 Å². The van der Waals surface area contributed by atoms with E-state index in [1.165, 1.54) is 24.3 Å². The molecule has 3 aromatic carbocycles. The van der Waals surface area contributed by atoms with Gasteiger partial charge in [-0.15, -0.1) is 0 Å². The molecule has 0 radical (unpaired) electrons. The summed E-state index contributed by atoms with van der Waals surface area (Å²) >= 11 is 6.26. The number of alkyl halides is 3. The van der Waals surface area contributed by atoms with Crippen molar-refractivity contribution >= 4 is 40.1 Å². The van der Waals surface area contributed by atoms with Gasteiger partial charge in [-0.25, -0.2) is 0 Å². The highest BCUT2D eigenvalue weighted by Gasteiger charge is 2.46. The Labute approximate surface area is 250 Å². The van der Waals surface area contributed by atoms with Crippen molar-refractivity contribution < 1.29 is 27.8 Å². The summed E-state index contributed by atoms with van der Waals surface area (Å²) in [6, 6.07) is 18.0. The average molecular weight is 612 g/mol. The fourth-order valence-electron chi connectivity index (χ4n) is 6.13. The summed E-state index contributed by atoms with van der Waals surface area (Å²) in [5.41, 5.74) is 6.53. The van der Waals surface area contributed by atoms with Crippen molar-refractivity contribution in [1.82, 2.24) is 15.3 Å². The summed E-state index contributed by atoms with van der Waals surface area (Å²) in [7, 11) is 0. The molecule has 4 N–H and O–H groups in total. The highest BCUT2D eigenvalue weighted by atomic mass is 35.5. The van der Waals surface area contributed by atoms with Gasteiger partial charge in [0, 0.05) is 36.3 Å². The zero-order valence-corrected chi connectivity index (χ0v) is 23.7. The van der Waals surface area contributed by atoms with Crippen molar-refractivity contribution in [3.63, 3.8) is 0 Å². The summed E-state index contributed by atoms with van der Waals surface area (Å²) in [5, 5.41) is 14.6. The lowest BCUT2D eigenvalue weighted by Crippen LogP contribution is -2.41. The minimum Gasteiger partial charge on any atom is -0.480 e. The zero-order valence-electron chi connectivity index (χ0n) is 22.9. The number of carboxylic acid groups (broad SMARTS) is 1. The van der Waals surface area contributed by atoms with Crippen LogP contribution in [-0.4, -0.2) is 52.9 Å². The van der Waals surface area contributed by atoms with Crippen LogP contribution in [0.4, 0.5) is 24.9 Å². The molecule has 43 heavy (non-hydrogen) atoms. The van der Waals surface area contributed by atoms with Gasteiger partial charge in [0.05, 0.1) is 0 Å². The number of fused-ring (bicyclic) bond motifs is 1. The van der Waals surface area contributed by atoms with Crippen LogP contribution >= 0.6 is 11.6 Å². The largest absolute Gasteiger partial charge is 0.480 e.